The lowest BCUT2D eigenvalue weighted by Crippen LogP contribution is -2.70. The van der Waals surface area contributed by atoms with Gasteiger partial charge in [-0.3, -0.25) is 9.59 Å². The maximum absolute atomic E-state index is 12.6. The molecule has 3 unspecified atom stereocenters. The van der Waals surface area contributed by atoms with E-state index < -0.39 is 11.6 Å². The van der Waals surface area contributed by atoms with Gasteiger partial charge in [0.15, 0.2) is 0 Å². The molecule has 2 amide bonds. The van der Waals surface area contributed by atoms with Crippen LogP contribution < -0.4 is 5.32 Å². The van der Waals surface area contributed by atoms with Crippen LogP contribution in [0, 0.1) is 12.3 Å². The number of hydrogen-bond donors (Lipinski definition) is 1. The highest BCUT2D eigenvalue weighted by atomic mass is 16.2. The minimum absolute atomic E-state index is 0.0285. The van der Waals surface area contributed by atoms with Gasteiger partial charge in [0.25, 0.3) is 0 Å². The van der Waals surface area contributed by atoms with Crippen LogP contribution in [0.15, 0.2) is 0 Å². The number of terminal acetylenes is 1. The third kappa shape index (κ3) is 2.35. The second-order valence-corrected chi connectivity index (χ2v) is 5.03. The fourth-order valence-corrected chi connectivity index (χ4v) is 2.31. The lowest BCUT2D eigenvalue weighted by molar-refractivity contribution is -0.156. The Kier molecular flexibility index (Phi) is 4.39. The zero-order valence-corrected chi connectivity index (χ0v) is 11.6. The molecule has 0 radical (unpaired) electrons. The Morgan fingerprint density at radius 3 is 2.56 bits per heavy atom. The summed E-state index contributed by atoms with van der Waals surface area (Å²) in [4.78, 5) is 26.2. The normalized spacial score (nSPS) is 29.7. The molecule has 3 atom stereocenters. The van der Waals surface area contributed by atoms with E-state index in [4.69, 9.17) is 6.42 Å². The van der Waals surface area contributed by atoms with Crippen molar-refractivity contribution >= 4 is 11.8 Å². The zero-order chi connectivity index (χ0) is 13.9. The Balaban J connectivity index is 3.09. The largest absolute Gasteiger partial charge is 0.340 e. The van der Waals surface area contributed by atoms with Gasteiger partial charge in [-0.1, -0.05) is 13.8 Å². The molecule has 4 nitrogen and oxygen atoms in total. The molecule has 18 heavy (non-hydrogen) atoms. The van der Waals surface area contributed by atoms with Gasteiger partial charge in [0.1, 0.15) is 11.6 Å². The summed E-state index contributed by atoms with van der Waals surface area (Å²) in [5.41, 5.74) is -0.800. The Morgan fingerprint density at radius 2 is 2.11 bits per heavy atom. The molecule has 1 aliphatic heterocycles. The first-order valence-corrected chi connectivity index (χ1v) is 6.49. The molecule has 100 valence electrons. The van der Waals surface area contributed by atoms with Crippen molar-refractivity contribution in [1.82, 2.24) is 10.2 Å². The van der Waals surface area contributed by atoms with Crippen molar-refractivity contribution < 1.29 is 9.59 Å². The van der Waals surface area contributed by atoms with Crippen molar-refractivity contribution in [1.29, 1.82) is 0 Å². The van der Waals surface area contributed by atoms with E-state index in [1.165, 1.54) is 0 Å². The van der Waals surface area contributed by atoms with E-state index in [2.05, 4.69) is 11.2 Å². The minimum atomic E-state index is -0.800. The highest BCUT2D eigenvalue weighted by Crippen LogP contribution is 2.25. The van der Waals surface area contributed by atoms with Crippen LogP contribution >= 0.6 is 0 Å². The van der Waals surface area contributed by atoms with E-state index in [-0.39, 0.29) is 17.9 Å². The van der Waals surface area contributed by atoms with Crippen LogP contribution in [0.2, 0.25) is 0 Å². The molecule has 0 saturated carbocycles. The van der Waals surface area contributed by atoms with Crippen molar-refractivity contribution in [3.63, 3.8) is 0 Å². The van der Waals surface area contributed by atoms with Gasteiger partial charge in [0.05, 0.1) is 0 Å². The number of nitrogens with one attached hydrogen (secondary N) is 1. The number of rotatable bonds is 4. The molecule has 1 N–H and O–H groups in total. The molecule has 1 aliphatic rings. The smallest absolute Gasteiger partial charge is 0.248 e. The van der Waals surface area contributed by atoms with Gasteiger partial charge >= 0.3 is 0 Å². The Labute approximate surface area is 109 Å². The third-order valence-corrected chi connectivity index (χ3v) is 3.83. The predicted octanol–water partition coefficient (Wildman–Crippen LogP) is 1.30. The molecule has 0 spiro atoms. The second-order valence-electron chi connectivity index (χ2n) is 5.03. The molecule has 1 saturated heterocycles. The zero-order valence-electron chi connectivity index (χ0n) is 11.6. The number of carbonyl (C=O) groups excluding carboxylic acids is 2. The summed E-state index contributed by atoms with van der Waals surface area (Å²) < 4.78 is 0. The van der Waals surface area contributed by atoms with Gasteiger partial charge in [0.2, 0.25) is 11.8 Å². The topological polar surface area (TPSA) is 49.4 Å². The van der Waals surface area contributed by atoms with Gasteiger partial charge in [-0.25, -0.2) is 0 Å². The molecule has 0 bridgehead atoms. The first kappa shape index (κ1) is 14.6. The van der Waals surface area contributed by atoms with E-state index in [1.54, 1.807) is 18.7 Å². The monoisotopic (exact) mass is 250 g/mol. The molecule has 1 fully saturated rings. The maximum Gasteiger partial charge on any atom is 0.248 e. The molecule has 1 rings (SSSR count). The van der Waals surface area contributed by atoms with Crippen molar-refractivity contribution in [3.8, 4) is 12.3 Å². The fourth-order valence-electron chi connectivity index (χ4n) is 2.31. The first-order chi connectivity index (χ1) is 8.41. The van der Waals surface area contributed by atoms with Crippen LogP contribution in [0.4, 0.5) is 0 Å². The van der Waals surface area contributed by atoms with Crippen LogP contribution in [0.3, 0.4) is 0 Å². The van der Waals surface area contributed by atoms with Crippen LogP contribution in [0.5, 0.6) is 0 Å². The molecule has 1 heterocycles. The third-order valence-electron chi connectivity index (χ3n) is 3.83. The van der Waals surface area contributed by atoms with Gasteiger partial charge in [0, 0.05) is 12.5 Å². The lowest BCUT2D eigenvalue weighted by Gasteiger charge is -2.46. The van der Waals surface area contributed by atoms with Crippen molar-refractivity contribution in [2.75, 3.05) is 0 Å². The Hall–Kier alpha value is -1.50. The van der Waals surface area contributed by atoms with E-state index in [9.17, 15) is 9.59 Å². The fraction of sp³-hybridized carbons (Fsp3) is 0.714. The molecule has 0 aliphatic carbocycles. The summed E-state index contributed by atoms with van der Waals surface area (Å²) in [5, 5.41) is 2.81. The SMILES string of the molecule is C#CCC(CC)N1C(=O)C(C)(CC)NC(=O)C1C. The average molecular weight is 250 g/mol. The van der Waals surface area contributed by atoms with E-state index in [0.717, 1.165) is 6.42 Å². The molecule has 0 aromatic heterocycles. The summed E-state index contributed by atoms with van der Waals surface area (Å²) in [7, 11) is 0. The van der Waals surface area contributed by atoms with Crippen LogP contribution in [0.25, 0.3) is 0 Å². The highest BCUT2D eigenvalue weighted by molar-refractivity contribution is 5.99. The van der Waals surface area contributed by atoms with E-state index >= 15 is 0 Å². The average Bonchev–Trinajstić information content (AvgIpc) is 2.35. The molecular formula is C14H22N2O2. The van der Waals surface area contributed by atoms with Gasteiger partial charge in [-0.15, -0.1) is 12.3 Å². The molecule has 0 aromatic carbocycles. The van der Waals surface area contributed by atoms with Gasteiger partial charge in [-0.2, -0.15) is 0 Å². The summed E-state index contributed by atoms with van der Waals surface area (Å²) in [5.74, 6) is 2.46. The number of hydrogen-bond acceptors (Lipinski definition) is 2. The Bertz CT molecular complexity index is 386. The number of carbonyl (C=O) groups is 2. The van der Waals surface area contributed by atoms with Crippen LogP contribution in [-0.4, -0.2) is 34.3 Å². The van der Waals surface area contributed by atoms with Crippen molar-refractivity contribution in [3.05, 3.63) is 0 Å². The predicted molar refractivity (Wildman–Crippen MR) is 70.7 cm³/mol. The first-order valence-electron chi connectivity index (χ1n) is 6.49. The van der Waals surface area contributed by atoms with E-state index in [1.807, 2.05) is 13.8 Å². The highest BCUT2D eigenvalue weighted by Gasteiger charge is 2.47. The molecule has 0 aromatic rings. The maximum atomic E-state index is 12.6. The Morgan fingerprint density at radius 1 is 1.50 bits per heavy atom. The summed E-state index contributed by atoms with van der Waals surface area (Å²) in [6.07, 6.45) is 7.17. The summed E-state index contributed by atoms with van der Waals surface area (Å²) >= 11 is 0. The standard InChI is InChI=1S/C14H22N2O2/c1-6-9-11(7-2)16-10(4)12(17)15-14(5,8-3)13(16)18/h1,10-11H,7-9H2,2-5H3,(H,15,17). The van der Waals surface area contributed by atoms with Crippen LogP contribution in [0.1, 0.15) is 47.0 Å². The van der Waals surface area contributed by atoms with Crippen molar-refractivity contribution in [2.45, 2.75) is 64.6 Å². The van der Waals surface area contributed by atoms with E-state index in [0.29, 0.717) is 12.8 Å². The van der Waals surface area contributed by atoms with Gasteiger partial charge in [-0.05, 0) is 26.7 Å². The molecular weight excluding hydrogens is 228 g/mol. The van der Waals surface area contributed by atoms with Crippen LogP contribution in [-0.2, 0) is 9.59 Å². The lowest BCUT2D eigenvalue weighted by atomic mass is 9.90. The number of amides is 2. The minimum Gasteiger partial charge on any atom is -0.340 e. The molecule has 4 heteroatoms. The van der Waals surface area contributed by atoms with Crippen molar-refractivity contribution in [2.24, 2.45) is 0 Å². The quantitative estimate of drug-likeness (QED) is 0.765. The number of nitrogens with zero attached hydrogens (tertiary/aromatic N) is 1. The van der Waals surface area contributed by atoms with Gasteiger partial charge < -0.3 is 10.2 Å². The summed E-state index contributed by atoms with van der Waals surface area (Å²) in [6.45, 7) is 7.41. The second kappa shape index (κ2) is 5.43. The summed E-state index contributed by atoms with van der Waals surface area (Å²) in [6, 6.07) is -0.509. The number of piperazine rings is 1.